The van der Waals surface area contributed by atoms with Crippen LogP contribution in [-0.2, 0) is 10.0 Å². The third-order valence-electron chi connectivity index (χ3n) is 3.80. The van der Waals surface area contributed by atoms with Crippen molar-refractivity contribution in [3.05, 3.63) is 59.7 Å². The molecule has 0 bridgehead atoms. The van der Waals surface area contributed by atoms with Gasteiger partial charge in [-0.1, -0.05) is 38.1 Å². The van der Waals surface area contributed by atoms with Crippen LogP contribution in [0.2, 0.25) is 0 Å². The Labute approximate surface area is 138 Å². The summed E-state index contributed by atoms with van der Waals surface area (Å²) >= 11 is 0. The van der Waals surface area contributed by atoms with Gasteiger partial charge in [0.15, 0.2) is 0 Å². The third kappa shape index (κ3) is 4.33. The van der Waals surface area contributed by atoms with Crippen molar-refractivity contribution in [2.45, 2.75) is 37.6 Å². The van der Waals surface area contributed by atoms with Crippen LogP contribution < -0.4 is 9.46 Å². The standard InChI is InChI=1S/C18H23NO3S/c1-13(2)15-5-7-16(8-6-15)14(3)19-23(20,21)18-11-9-17(22-4)10-12-18/h5-14,19H,1-4H3/t14-/m0/s1. The second kappa shape index (κ2) is 7.15. The highest BCUT2D eigenvalue weighted by Gasteiger charge is 2.18. The van der Waals surface area contributed by atoms with Gasteiger partial charge in [-0.25, -0.2) is 13.1 Å². The molecule has 0 spiro atoms. The molecule has 2 aromatic rings. The molecule has 0 heterocycles. The van der Waals surface area contributed by atoms with E-state index in [0.717, 1.165) is 5.56 Å². The first-order valence-corrected chi connectivity index (χ1v) is 9.08. The molecule has 4 nitrogen and oxygen atoms in total. The van der Waals surface area contributed by atoms with Crippen LogP contribution in [0, 0.1) is 0 Å². The van der Waals surface area contributed by atoms with Crippen LogP contribution in [0.15, 0.2) is 53.4 Å². The van der Waals surface area contributed by atoms with E-state index in [-0.39, 0.29) is 10.9 Å². The first kappa shape index (κ1) is 17.5. The minimum absolute atomic E-state index is 0.226. The summed E-state index contributed by atoms with van der Waals surface area (Å²) in [5.41, 5.74) is 2.17. The maximum atomic E-state index is 12.4. The molecule has 23 heavy (non-hydrogen) atoms. The van der Waals surface area contributed by atoms with Crippen LogP contribution in [0.4, 0.5) is 0 Å². The molecule has 0 radical (unpaired) electrons. The lowest BCUT2D eigenvalue weighted by Crippen LogP contribution is -2.26. The summed E-state index contributed by atoms with van der Waals surface area (Å²) in [6, 6.07) is 14.1. The molecule has 1 N–H and O–H groups in total. The van der Waals surface area contributed by atoms with Gasteiger partial charge >= 0.3 is 0 Å². The lowest BCUT2D eigenvalue weighted by molar-refractivity contribution is 0.414. The van der Waals surface area contributed by atoms with Gasteiger partial charge in [0.05, 0.1) is 12.0 Å². The molecule has 1 atom stereocenters. The quantitative estimate of drug-likeness (QED) is 0.873. The highest BCUT2D eigenvalue weighted by molar-refractivity contribution is 7.89. The summed E-state index contributed by atoms with van der Waals surface area (Å²) < 4.78 is 32.6. The molecule has 0 aliphatic rings. The van der Waals surface area contributed by atoms with E-state index >= 15 is 0 Å². The highest BCUT2D eigenvalue weighted by Crippen LogP contribution is 2.21. The van der Waals surface area contributed by atoms with Crippen molar-refractivity contribution in [2.75, 3.05) is 7.11 Å². The number of benzene rings is 2. The number of methoxy groups -OCH3 is 1. The van der Waals surface area contributed by atoms with Gasteiger partial charge in [0.2, 0.25) is 10.0 Å². The van der Waals surface area contributed by atoms with Crippen molar-refractivity contribution in [1.29, 1.82) is 0 Å². The van der Waals surface area contributed by atoms with Crippen molar-refractivity contribution in [3.63, 3.8) is 0 Å². The number of sulfonamides is 1. The molecular formula is C18H23NO3S. The summed E-state index contributed by atoms with van der Waals surface area (Å²) in [5.74, 6) is 1.08. The molecule has 0 amide bonds. The Morgan fingerprint density at radius 2 is 1.39 bits per heavy atom. The molecule has 0 fully saturated rings. The molecule has 5 heteroatoms. The lowest BCUT2D eigenvalue weighted by Gasteiger charge is -2.16. The van der Waals surface area contributed by atoms with Gasteiger partial charge in [-0.05, 0) is 48.2 Å². The van der Waals surface area contributed by atoms with E-state index in [2.05, 4.69) is 18.6 Å². The highest BCUT2D eigenvalue weighted by atomic mass is 32.2. The van der Waals surface area contributed by atoms with E-state index in [1.54, 1.807) is 19.2 Å². The molecule has 124 valence electrons. The molecule has 0 unspecified atom stereocenters. The zero-order valence-corrected chi connectivity index (χ0v) is 14.7. The Kier molecular flexibility index (Phi) is 5.44. The number of ether oxygens (including phenoxy) is 1. The fourth-order valence-electron chi connectivity index (χ4n) is 2.29. The second-order valence-electron chi connectivity index (χ2n) is 5.84. The predicted molar refractivity (Wildman–Crippen MR) is 92.3 cm³/mol. The van der Waals surface area contributed by atoms with Crippen molar-refractivity contribution in [2.24, 2.45) is 0 Å². The average molecular weight is 333 g/mol. The average Bonchev–Trinajstić information content (AvgIpc) is 2.54. The molecule has 0 aliphatic carbocycles. The monoisotopic (exact) mass is 333 g/mol. The van der Waals surface area contributed by atoms with Crippen molar-refractivity contribution < 1.29 is 13.2 Å². The van der Waals surface area contributed by atoms with E-state index in [1.807, 2.05) is 31.2 Å². The Morgan fingerprint density at radius 1 is 0.870 bits per heavy atom. The van der Waals surface area contributed by atoms with Gasteiger partial charge in [0.1, 0.15) is 5.75 Å². The first-order chi connectivity index (χ1) is 10.8. The van der Waals surface area contributed by atoms with Gasteiger partial charge in [-0.15, -0.1) is 0 Å². The summed E-state index contributed by atoms with van der Waals surface area (Å²) in [6.45, 7) is 6.10. The van der Waals surface area contributed by atoms with Gasteiger partial charge in [-0.3, -0.25) is 0 Å². The third-order valence-corrected chi connectivity index (χ3v) is 5.36. The fourth-order valence-corrected chi connectivity index (χ4v) is 3.53. The molecule has 0 aromatic heterocycles. The Bertz CT molecular complexity index is 735. The Morgan fingerprint density at radius 3 is 1.87 bits per heavy atom. The van der Waals surface area contributed by atoms with Gasteiger partial charge in [0.25, 0.3) is 0 Å². The van der Waals surface area contributed by atoms with Crippen molar-refractivity contribution >= 4 is 10.0 Å². The minimum atomic E-state index is -3.56. The number of rotatable bonds is 6. The summed E-state index contributed by atoms with van der Waals surface area (Å²) in [7, 11) is -2.02. The molecule has 0 saturated carbocycles. The molecule has 2 aromatic carbocycles. The van der Waals surface area contributed by atoms with Crippen LogP contribution in [-0.4, -0.2) is 15.5 Å². The van der Waals surface area contributed by atoms with Gasteiger partial charge in [-0.2, -0.15) is 0 Å². The number of hydrogen-bond acceptors (Lipinski definition) is 3. The Balaban J connectivity index is 2.15. The van der Waals surface area contributed by atoms with Gasteiger partial charge in [0, 0.05) is 6.04 Å². The summed E-state index contributed by atoms with van der Waals surface area (Å²) in [4.78, 5) is 0.226. The van der Waals surface area contributed by atoms with Crippen LogP contribution in [0.5, 0.6) is 5.75 Å². The molecule has 2 rings (SSSR count). The topological polar surface area (TPSA) is 55.4 Å². The predicted octanol–water partition coefficient (Wildman–Crippen LogP) is 3.86. The SMILES string of the molecule is COc1ccc(S(=O)(=O)N[C@@H](C)c2ccc(C(C)C)cc2)cc1. The zero-order valence-electron chi connectivity index (χ0n) is 13.9. The first-order valence-electron chi connectivity index (χ1n) is 7.59. The normalized spacial score (nSPS) is 13.1. The molecule has 0 aliphatic heterocycles. The molecule has 0 saturated heterocycles. The van der Waals surface area contributed by atoms with E-state index in [9.17, 15) is 8.42 Å². The Hall–Kier alpha value is -1.85. The van der Waals surface area contributed by atoms with Crippen LogP contribution in [0.3, 0.4) is 0 Å². The smallest absolute Gasteiger partial charge is 0.241 e. The van der Waals surface area contributed by atoms with Gasteiger partial charge < -0.3 is 4.74 Å². The van der Waals surface area contributed by atoms with Crippen molar-refractivity contribution in [3.8, 4) is 5.75 Å². The fraction of sp³-hybridized carbons (Fsp3) is 0.333. The number of hydrogen-bond donors (Lipinski definition) is 1. The molecular weight excluding hydrogens is 310 g/mol. The van der Waals surface area contributed by atoms with Crippen LogP contribution in [0.25, 0.3) is 0 Å². The van der Waals surface area contributed by atoms with E-state index in [4.69, 9.17) is 4.74 Å². The second-order valence-corrected chi connectivity index (χ2v) is 7.55. The maximum Gasteiger partial charge on any atom is 0.241 e. The summed E-state index contributed by atoms with van der Waals surface area (Å²) in [6.07, 6.45) is 0. The summed E-state index contributed by atoms with van der Waals surface area (Å²) in [5, 5.41) is 0. The van der Waals surface area contributed by atoms with Crippen LogP contribution in [0.1, 0.15) is 43.9 Å². The van der Waals surface area contributed by atoms with Crippen LogP contribution >= 0.6 is 0 Å². The lowest BCUT2D eigenvalue weighted by atomic mass is 10.00. The minimum Gasteiger partial charge on any atom is -0.497 e. The van der Waals surface area contributed by atoms with Crippen molar-refractivity contribution in [1.82, 2.24) is 4.72 Å². The van der Waals surface area contributed by atoms with E-state index < -0.39 is 10.0 Å². The largest absolute Gasteiger partial charge is 0.497 e. The number of nitrogens with one attached hydrogen (secondary N) is 1. The maximum absolute atomic E-state index is 12.4. The van der Waals surface area contributed by atoms with E-state index in [1.165, 1.54) is 17.7 Å². The zero-order chi connectivity index (χ0) is 17.0. The van der Waals surface area contributed by atoms with E-state index in [0.29, 0.717) is 11.7 Å².